The molecule has 1 heterocycles. The second-order valence-corrected chi connectivity index (χ2v) is 8.70. The van der Waals surface area contributed by atoms with E-state index in [-0.39, 0.29) is 17.8 Å². The summed E-state index contributed by atoms with van der Waals surface area (Å²) >= 11 is 0. The molecule has 0 radical (unpaired) electrons. The van der Waals surface area contributed by atoms with Crippen LogP contribution in [0.5, 0.6) is 0 Å². The third kappa shape index (κ3) is 3.47. The van der Waals surface area contributed by atoms with Gasteiger partial charge in [-0.1, -0.05) is 18.6 Å². The molecular formula is C17H23FN2O3S. The highest BCUT2D eigenvalue weighted by Gasteiger charge is 2.48. The van der Waals surface area contributed by atoms with E-state index < -0.39 is 15.4 Å². The number of halogens is 1. The Morgan fingerprint density at radius 2 is 1.92 bits per heavy atom. The van der Waals surface area contributed by atoms with E-state index in [0.29, 0.717) is 13.1 Å². The van der Waals surface area contributed by atoms with Gasteiger partial charge in [0.1, 0.15) is 5.82 Å². The number of piperidine rings is 1. The van der Waals surface area contributed by atoms with Gasteiger partial charge in [-0.05, 0) is 43.4 Å². The number of nitrogens with zero attached hydrogens (tertiary/aromatic N) is 1. The first kappa shape index (κ1) is 17.4. The Hall–Kier alpha value is -1.47. The second kappa shape index (κ2) is 6.44. The zero-order valence-electron chi connectivity index (χ0n) is 13.8. The van der Waals surface area contributed by atoms with Crippen molar-refractivity contribution in [1.29, 1.82) is 0 Å². The fourth-order valence-electron chi connectivity index (χ4n) is 3.79. The topological polar surface area (TPSA) is 66.5 Å². The number of hydrogen-bond donors (Lipinski definition) is 1. The molecule has 1 aliphatic carbocycles. The van der Waals surface area contributed by atoms with Gasteiger partial charge in [0.2, 0.25) is 15.9 Å². The molecule has 1 aromatic rings. The second-order valence-electron chi connectivity index (χ2n) is 6.92. The van der Waals surface area contributed by atoms with Crippen LogP contribution in [0.3, 0.4) is 0 Å². The molecule has 0 unspecified atom stereocenters. The fraction of sp³-hybridized carbons (Fsp3) is 0.588. The Morgan fingerprint density at radius 3 is 2.46 bits per heavy atom. The van der Waals surface area contributed by atoms with Crippen LogP contribution in [0.4, 0.5) is 4.39 Å². The van der Waals surface area contributed by atoms with Crippen LogP contribution < -0.4 is 4.72 Å². The average Bonchev–Trinajstić information content (AvgIpc) is 2.46. The molecule has 0 bridgehead atoms. The summed E-state index contributed by atoms with van der Waals surface area (Å²) in [5.41, 5.74) is 0.291. The van der Waals surface area contributed by atoms with E-state index in [2.05, 4.69) is 4.72 Å². The number of carbonyl (C=O) groups excluding carboxylic acids is 1. The fourth-order valence-corrected chi connectivity index (χ4v) is 4.59. The summed E-state index contributed by atoms with van der Waals surface area (Å²) in [5, 5.41) is 0. The van der Waals surface area contributed by atoms with Gasteiger partial charge in [-0.25, -0.2) is 17.5 Å². The molecule has 132 valence electrons. The van der Waals surface area contributed by atoms with Gasteiger partial charge < -0.3 is 4.90 Å². The molecule has 0 spiro atoms. The highest BCUT2D eigenvalue weighted by molar-refractivity contribution is 7.88. The van der Waals surface area contributed by atoms with Gasteiger partial charge in [-0.2, -0.15) is 0 Å². The largest absolute Gasteiger partial charge is 0.340 e. The minimum Gasteiger partial charge on any atom is -0.340 e. The molecule has 7 heteroatoms. The Balaban J connectivity index is 1.77. The van der Waals surface area contributed by atoms with E-state index in [1.807, 2.05) is 0 Å². The molecule has 5 nitrogen and oxygen atoms in total. The minimum atomic E-state index is -3.29. The highest BCUT2D eigenvalue weighted by Crippen LogP contribution is 2.45. The van der Waals surface area contributed by atoms with Crippen molar-refractivity contribution in [3.8, 4) is 0 Å². The molecule has 1 saturated heterocycles. The van der Waals surface area contributed by atoms with E-state index in [1.54, 1.807) is 17.0 Å². The lowest BCUT2D eigenvalue weighted by Gasteiger charge is -2.46. The summed E-state index contributed by atoms with van der Waals surface area (Å²) in [7, 11) is -3.29. The van der Waals surface area contributed by atoms with Crippen LogP contribution >= 0.6 is 0 Å². The maximum absolute atomic E-state index is 13.2. The number of amides is 1. The summed E-state index contributed by atoms with van der Waals surface area (Å²) in [6.45, 7) is 1.04. The molecule has 0 aromatic heterocycles. The lowest BCUT2D eigenvalue weighted by molar-refractivity contribution is -0.142. The number of nitrogens with one attached hydrogen (secondary N) is 1. The maximum atomic E-state index is 13.2. The van der Waals surface area contributed by atoms with Crippen LogP contribution in [-0.4, -0.2) is 44.6 Å². The van der Waals surface area contributed by atoms with Crippen molar-refractivity contribution >= 4 is 15.9 Å². The first-order valence-electron chi connectivity index (χ1n) is 8.33. The van der Waals surface area contributed by atoms with Gasteiger partial charge in [0, 0.05) is 19.1 Å². The Kier molecular flexibility index (Phi) is 4.66. The summed E-state index contributed by atoms with van der Waals surface area (Å²) in [4.78, 5) is 14.9. The molecule has 2 fully saturated rings. The Morgan fingerprint density at radius 1 is 1.25 bits per heavy atom. The number of sulfonamides is 1. The van der Waals surface area contributed by atoms with Crippen LogP contribution in [0.2, 0.25) is 0 Å². The van der Waals surface area contributed by atoms with Gasteiger partial charge in [0.25, 0.3) is 0 Å². The van der Waals surface area contributed by atoms with Crippen LogP contribution in [0.1, 0.15) is 37.7 Å². The molecule has 1 N–H and O–H groups in total. The summed E-state index contributed by atoms with van der Waals surface area (Å²) in [5.74, 6) is -0.267. The van der Waals surface area contributed by atoms with E-state index in [4.69, 9.17) is 0 Å². The van der Waals surface area contributed by atoms with Crippen molar-refractivity contribution in [2.75, 3.05) is 19.3 Å². The van der Waals surface area contributed by atoms with Crippen molar-refractivity contribution in [3.63, 3.8) is 0 Å². The van der Waals surface area contributed by atoms with E-state index >= 15 is 0 Å². The normalized spacial score (nSPS) is 23.6. The van der Waals surface area contributed by atoms with Crippen LogP contribution in [0.25, 0.3) is 0 Å². The average molecular weight is 354 g/mol. The predicted octanol–water partition coefficient (Wildman–Crippen LogP) is 1.79. The van der Waals surface area contributed by atoms with Crippen molar-refractivity contribution in [3.05, 3.63) is 35.6 Å². The first-order valence-corrected chi connectivity index (χ1v) is 10.2. The maximum Gasteiger partial charge on any atom is 0.233 e. The lowest BCUT2D eigenvalue weighted by Crippen LogP contribution is -2.56. The van der Waals surface area contributed by atoms with E-state index in [0.717, 1.165) is 43.9 Å². The van der Waals surface area contributed by atoms with E-state index in [9.17, 15) is 17.6 Å². The summed E-state index contributed by atoms with van der Waals surface area (Å²) in [6.07, 6.45) is 5.15. The molecular weight excluding hydrogens is 331 g/mol. The van der Waals surface area contributed by atoms with Crippen molar-refractivity contribution in [2.45, 2.75) is 43.6 Å². The molecule has 2 aliphatic rings. The molecule has 1 aromatic carbocycles. The number of rotatable bonds is 4. The van der Waals surface area contributed by atoms with E-state index in [1.165, 1.54) is 12.1 Å². The van der Waals surface area contributed by atoms with Crippen molar-refractivity contribution in [1.82, 2.24) is 9.62 Å². The zero-order valence-corrected chi connectivity index (χ0v) is 14.6. The Labute approximate surface area is 142 Å². The zero-order chi connectivity index (χ0) is 17.4. The number of carbonyl (C=O) groups is 1. The smallest absolute Gasteiger partial charge is 0.233 e. The SMILES string of the molecule is CS(=O)(=O)N[C@@H]1CCCN(C(=O)C2(c3ccc(F)cc3)CCC2)C1. The number of benzene rings is 1. The summed E-state index contributed by atoms with van der Waals surface area (Å²) in [6, 6.07) is 5.95. The van der Waals surface area contributed by atoms with Crippen LogP contribution in [0, 0.1) is 5.82 Å². The van der Waals surface area contributed by atoms with Crippen molar-refractivity contribution in [2.24, 2.45) is 0 Å². The number of likely N-dealkylation sites (tertiary alicyclic amines) is 1. The molecule has 1 atom stereocenters. The van der Waals surface area contributed by atoms with Gasteiger partial charge in [-0.3, -0.25) is 4.79 Å². The standard InChI is InChI=1S/C17H23FN2O3S/c1-24(22,23)19-15-4-2-11-20(12-15)16(21)17(9-3-10-17)13-5-7-14(18)8-6-13/h5-8,15,19H,2-4,9-12H2,1H3/t15-/m1/s1. The van der Waals surface area contributed by atoms with Gasteiger partial charge in [-0.15, -0.1) is 0 Å². The molecule has 1 saturated carbocycles. The summed E-state index contributed by atoms with van der Waals surface area (Å²) < 4.78 is 38.7. The minimum absolute atomic E-state index is 0.0420. The highest BCUT2D eigenvalue weighted by atomic mass is 32.2. The molecule has 1 amide bonds. The molecule has 3 rings (SSSR count). The quantitative estimate of drug-likeness (QED) is 0.896. The van der Waals surface area contributed by atoms with Crippen LogP contribution in [0.15, 0.2) is 24.3 Å². The van der Waals surface area contributed by atoms with Gasteiger partial charge in [0.05, 0.1) is 11.7 Å². The predicted molar refractivity (Wildman–Crippen MR) is 89.5 cm³/mol. The van der Waals surface area contributed by atoms with Crippen molar-refractivity contribution < 1.29 is 17.6 Å². The van der Waals surface area contributed by atoms with Crippen LogP contribution in [-0.2, 0) is 20.2 Å². The molecule has 24 heavy (non-hydrogen) atoms. The Bertz CT molecular complexity index is 714. The lowest BCUT2D eigenvalue weighted by atomic mass is 9.63. The van der Waals surface area contributed by atoms with Gasteiger partial charge >= 0.3 is 0 Å². The number of hydrogen-bond acceptors (Lipinski definition) is 3. The third-order valence-corrected chi connectivity index (χ3v) is 5.86. The first-order chi connectivity index (χ1) is 11.3. The van der Waals surface area contributed by atoms with Gasteiger partial charge in [0.15, 0.2) is 0 Å². The molecule has 1 aliphatic heterocycles. The third-order valence-electron chi connectivity index (χ3n) is 5.10. The monoisotopic (exact) mass is 354 g/mol.